The normalized spacial score (nSPS) is 12.1. The van der Waals surface area contributed by atoms with Crippen LogP contribution in [0.15, 0.2) is 17.9 Å². The van der Waals surface area contributed by atoms with Crippen LogP contribution in [0.2, 0.25) is 18.1 Å². The zero-order valence-corrected chi connectivity index (χ0v) is 12.2. The lowest BCUT2D eigenvalue weighted by Crippen LogP contribution is -2.40. The van der Waals surface area contributed by atoms with Crippen LogP contribution in [0.3, 0.4) is 0 Å². The lowest BCUT2D eigenvalue weighted by atomic mass is 10.2. The second kappa shape index (κ2) is 6.32. The van der Waals surface area contributed by atoms with Gasteiger partial charge in [-0.2, -0.15) is 0 Å². The third-order valence-corrected chi connectivity index (χ3v) is 7.50. The van der Waals surface area contributed by atoms with E-state index >= 15 is 0 Å². The highest BCUT2D eigenvalue weighted by molar-refractivity contribution is 6.74. The Hall–Kier alpha value is -0.303. The van der Waals surface area contributed by atoms with Crippen molar-refractivity contribution in [2.24, 2.45) is 0 Å². The van der Waals surface area contributed by atoms with Crippen molar-refractivity contribution in [1.29, 1.82) is 0 Å². The SMILES string of the molecule is CCCC=C=CCO[Si](C)(C)C(C)(C)C. The second-order valence-electron chi connectivity index (χ2n) is 5.43. The van der Waals surface area contributed by atoms with Gasteiger partial charge in [-0.25, -0.2) is 0 Å². The van der Waals surface area contributed by atoms with Gasteiger partial charge in [0.05, 0.1) is 6.61 Å². The zero-order valence-electron chi connectivity index (χ0n) is 11.2. The summed E-state index contributed by atoms with van der Waals surface area (Å²) in [5, 5.41) is 0.300. The molecule has 0 fully saturated rings. The van der Waals surface area contributed by atoms with E-state index in [1.165, 1.54) is 6.42 Å². The first-order valence-corrected chi connectivity index (χ1v) is 8.75. The Kier molecular flexibility index (Phi) is 6.19. The minimum Gasteiger partial charge on any atom is -0.413 e. The molecule has 0 aromatic carbocycles. The highest BCUT2D eigenvalue weighted by Gasteiger charge is 2.36. The maximum Gasteiger partial charge on any atom is 0.192 e. The molecule has 2 heteroatoms. The molecule has 0 aliphatic heterocycles. The largest absolute Gasteiger partial charge is 0.413 e. The van der Waals surface area contributed by atoms with Crippen LogP contribution >= 0.6 is 0 Å². The summed E-state index contributed by atoms with van der Waals surface area (Å²) >= 11 is 0. The maximum absolute atomic E-state index is 5.97. The molecule has 15 heavy (non-hydrogen) atoms. The number of rotatable bonds is 5. The predicted molar refractivity (Wildman–Crippen MR) is 70.7 cm³/mol. The van der Waals surface area contributed by atoms with Crippen molar-refractivity contribution in [3.05, 3.63) is 17.9 Å². The van der Waals surface area contributed by atoms with Gasteiger partial charge >= 0.3 is 0 Å². The summed E-state index contributed by atoms with van der Waals surface area (Å²) in [6, 6.07) is 0. The van der Waals surface area contributed by atoms with Crippen molar-refractivity contribution < 1.29 is 4.43 Å². The quantitative estimate of drug-likeness (QED) is 0.495. The first-order valence-electron chi connectivity index (χ1n) is 5.84. The summed E-state index contributed by atoms with van der Waals surface area (Å²) in [5.74, 6) is 0. The summed E-state index contributed by atoms with van der Waals surface area (Å²) < 4.78 is 5.97. The molecule has 0 atom stereocenters. The molecule has 0 heterocycles. The lowest BCUT2D eigenvalue weighted by Gasteiger charge is -2.35. The molecule has 0 bridgehead atoms. The second-order valence-corrected chi connectivity index (χ2v) is 10.2. The Morgan fingerprint density at radius 3 is 2.27 bits per heavy atom. The van der Waals surface area contributed by atoms with Gasteiger partial charge in [0.25, 0.3) is 0 Å². The van der Waals surface area contributed by atoms with Gasteiger partial charge in [-0.3, -0.25) is 0 Å². The standard InChI is InChI=1S/C13H26OSi/c1-7-8-9-10-11-12-14-15(5,6)13(2,3)4/h9,11H,7-8,12H2,1-6H3. The van der Waals surface area contributed by atoms with Gasteiger partial charge in [0.15, 0.2) is 8.32 Å². The van der Waals surface area contributed by atoms with E-state index in [1.807, 2.05) is 6.08 Å². The first-order chi connectivity index (χ1) is 6.81. The first kappa shape index (κ1) is 14.7. The topological polar surface area (TPSA) is 9.23 Å². The van der Waals surface area contributed by atoms with Gasteiger partial charge < -0.3 is 4.43 Å². The fourth-order valence-electron chi connectivity index (χ4n) is 0.826. The number of hydrogen-bond donors (Lipinski definition) is 0. The molecular formula is C13H26OSi. The van der Waals surface area contributed by atoms with Gasteiger partial charge in [-0.05, 0) is 36.7 Å². The third-order valence-electron chi connectivity index (χ3n) is 3.00. The highest BCUT2D eigenvalue weighted by Crippen LogP contribution is 2.36. The van der Waals surface area contributed by atoms with E-state index in [1.54, 1.807) is 0 Å². The Bertz CT molecular complexity index is 229. The molecule has 0 unspecified atom stereocenters. The van der Waals surface area contributed by atoms with Crippen molar-refractivity contribution in [3.63, 3.8) is 0 Å². The van der Waals surface area contributed by atoms with Crippen LogP contribution in [0.5, 0.6) is 0 Å². The monoisotopic (exact) mass is 226 g/mol. The number of hydrogen-bond acceptors (Lipinski definition) is 1. The summed E-state index contributed by atoms with van der Waals surface area (Å²) in [6.45, 7) is 14.2. The molecular weight excluding hydrogens is 200 g/mol. The van der Waals surface area contributed by atoms with E-state index < -0.39 is 8.32 Å². The van der Waals surface area contributed by atoms with Crippen LogP contribution in [0.4, 0.5) is 0 Å². The van der Waals surface area contributed by atoms with Crippen LogP contribution < -0.4 is 0 Å². The Morgan fingerprint density at radius 1 is 1.20 bits per heavy atom. The van der Waals surface area contributed by atoms with Crippen LogP contribution in [0, 0.1) is 0 Å². The summed E-state index contributed by atoms with van der Waals surface area (Å²) in [6.07, 6.45) is 6.37. The summed E-state index contributed by atoms with van der Waals surface area (Å²) in [4.78, 5) is 0. The van der Waals surface area contributed by atoms with E-state index in [0.717, 1.165) is 6.42 Å². The molecule has 0 aliphatic rings. The van der Waals surface area contributed by atoms with Crippen molar-refractivity contribution in [1.82, 2.24) is 0 Å². The molecule has 0 aromatic rings. The fourth-order valence-corrected chi connectivity index (χ4v) is 1.76. The zero-order chi connectivity index (χ0) is 11.9. The van der Waals surface area contributed by atoms with E-state index in [2.05, 4.69) is 52.6 Å². The van der Waals surface area contributed by atoms with Crippen LogP contribution in [0.25, 0.3) is 0 Å². The van der Waals surface area contributed by atoms with Crippen LogP contribution in [-0.2, 0) is 4.43 Å². The van der Waals surface area contributed by atoms with Crippen LogP contribution in [0.1, 0.15) is 40.5 Å². The van der Waals surface area contributed by atoms with Crippen molar-refractivity contribution in [3.8, 4) is 0 Å². The van der Waals surface area contributed by atoms with Gasteiger partial charge in [0, 0.05) is 0 Å². The fraction of sp³-hybridized carbons (Fsp3) is 0.769. The minimum atomic E-state index is -1.56. The molecule has 0 aliphatic carbocycles. The summed E-state index contributed by atoms with van der Waals surface area (Å²) in [7, 11) is -1.56. The molecule has 88 valence electrons. The van der Waals surface area contributed by atoms with E-state index in [-0.39, 0.29) is 0 Å². The third kappa shape index (κ3) is 5.98. The molecule has 0 radical (unpaired) electrons. The smallest absolute Gasteiger partial charge is 0.192 e. The van der Waals surface area contributed by atoms with Crippen molar-refractivity contribution in [2.75, 3.05) is 6.61 Å². The van der Waals surface area contributed by atoms with E-state index in [9.17, 15) is 0 Å². The maximum atomic E-state index is 5.97. The van der Waals surface area contributed by atoms with E-state index in [4.69, 9.17) is 4.43 Å². The van der Waals surface area contributed by atoms with Gasteiger partial charge in [0.1, 0.15) is 0 Å². The Labute approximate surface area is 96.4 Å². The average Bonchev–Trinajstić information content (AvgIpc) is 2.09. The highest BCUT2D eigenvalue weighted by atomic mass is 28.4. The minimum absolute atomic E-state index is 0.300. The molecule has 0 amide bonds. The van der Waals surface area contributed by atoms with Crippen molar-refractivity contribution >= 4 is 8.32 Å². The average molecular weight is 226 g/mol. The van der Waals surface area contributed by atoms with E-state index in [0.29, 0.717) is 11.6 Å². The Balaban J connectivity index is 4.01. The van der Waals surface area contributed by atoms with Gasteiger partial charge in [-0.15, -0.1) is 5.73 Å². The Morgan fingerprint density at radius 2 is 1.80 bits per heavy atom. The van der Waals surface area contributed by atoms with Gasteiger partial charge in [-0.1, -0.05) is 34.1 Å². The molecule has 0 spiro atoms. The molecule has 1 nitrogen and oxygen atoms in total. The molecule has 0 saturated carbocycles. The molecule has 0 rings (SSSR count). The number of unbranched alkanes of at least 4 members (excludes halogenated alkanes) is 1. The molecule has 0 N–H and O–H groups in total. The summed E-state index contributed by atoms with van der Waals surface area (Å²) in [5.41, 5.74) is 3.16. The molecule has 0 aromatic heterocycles. The lowest BCUT2D eigenvalue weighted by molar-refractivity contribution is 0.328. The van der Waals surface area contributed by atoms with Gasteiger partial charge in [0.2, 0.25) is 0 Å². The van der Waals surface area contributed by atoms with Crippen molar-refractivity contribution in [2.45, 2.75) is 58.7 Å². The predicted octanol–water partition coefficient (Wildman–Crippen LogP) is 4.52. The molecule has 0 saturated heterocycles. The van der Waals surface area contributed by atoms with Crippen LogP contribution in [-0.4, -0.2) is 14.9 Å².